The molecule has 12 rings (SSSR count). The summed E-state index contributed by atoms with van der Waals surface area (Å²) in [6.45, 7) is 2.19. The number of hydrogen-bond donors (Lipinski definition) is 0. The first-order chi connectivity index (χ1) is 29.2. The van der Waals surface area contributed by atoms with Crippen LogP contribution >= 0.6 is 0 Å². The van der Waals surface area contributed by atoms with Gasteiger partial charge in [0, 0.05) is 32.9 Å². The van der Waals surface area contributed by atoms with E-state index in [4.69, 9.17) is 0 Å². The molecule has 2 heterocycles. The molecule has 12 aromatic rings. The molecule has 0 aliphatic rings. The van der Waals surface area contributed by atoms with Crippen molar-refractivity contribution < 1.29 is 0 Å². The Balaban J connectivity index is 1.00. The first-order valence-electron chi connectivity index (χ1n) is 20.4. The summed E-state index contributed by atoms with van der Waals surface area (Å²) < 4.78 is 4.81. The van der Waals surface area contributed by atoms with Crippen LogP contribution in [0.15, 0.2) is 212 Å². The van der Waals surface area contributed by atoms with Crippen LogP contribution in [0, 0.1) is 6.92 Å². The lowest BCUT2D eigenvalue weighted by Crippen LogP contribution is -1.95. The molecule has 0 amide bonds. The Morgan fingerprint density at radius 1 is 0.254 bits per heavy atom. The zero-order valence-electron chi connectivity index (χ0n) is 32.6. The number of aryl methyl sites for hydroxylation is 1. The highest BCUT2D eigenvalue weighted by molar-refractivity contribution is 6.21. The SMILES string of the molecule is Cc1ccc2c(c1)c1cc(-c3ccc4c(c3)c3ccccc3n4-c3ccccc3)ccc1n2-c1ccc(-c2c3ccccc3c(-c3ccccc3)c3ccccc23)cc1. The standard InChI is InChI=1S/C57H38N2/c1-37-24-31-53-49(34-37)51-36-41(40-27-32-54-50(35-40)44-18-12-13-23-52(44)58(54)42-16-6-3-7-17-42)28-33-55(51)59(53)43-29-25-39(26-30-43)57-47-21-10-8-19-45(47)56(38-14-4-2-5-15-38)46-20-9-11-22-48(46)57/h2-36H,1H3. The Bertz CT molecular complexity index is 3530. The van der Waals surface area contributed by atoms with E-state index in [0.29, 0.717) is 0 Å². The minimum atomic E-state index is 1.15. The van der Waals surface area contributed by atoms with Gasteiger partial charge in [-0.2, -0.15) is 0 Å². The molecular weight excluding hydrogens is 713 g/mol. The average molecular weight is 751 g/mol. The summed E-state index contributed by atoms with van der Waals surface area (Å²) in [6.07, 6.45) is 0. The van der Waals surface area contributed by atoms with Crippen LogP contribution in [0.4, 0.5) is 0 Å². The summed E-state index contributed by atoms with van der Waals surface area (Å²) in [7, 11) is 0. The molecule has 276 valence electrons. The van der Waals surface area contributed by atoms with E-state index >= 15 is 0 Å². The fourth-order valence-electron chi connectivity index (χ4n) is 9.73. The molecule has 0 aliphatic heterocycles. The smallest absolute Gasteiger partial charge is 0.0541 e. The Labute approximate surface area is 342 Å². The van der Waals surface area contributed by atoms with Gasteiger partial charge in [-0.1, -0.05) is 151 Å². The lowest BCUT2D eigenvalue weighted by molar-refractivity contribution is 1.18. The van der Waals surface area contributed by atoms with Gasteiger partial charge in [-0.3, -0.25) is 0 Å². The van der Waals surface area contributed by atoms with Crippen LogP contribution in [0.3, 0.4) is 0 Å². The minimum absolute atomic E-state index is 1.15. The fraction of sp³-hybridized carbons (Fsp3) is 0.0175. The third-order valence-electron chi connectivity index (χ3n) is 12.3. The molecule has 59 heavy (non-hydrogen) atoms. The maximum Gasteiger partial charge on any atom is 0.0541 e. The predicted molar refractivity (Wildman–Crippen MR) is 251 cm³/mol. The monoisotopic (exact) mass is 750 g/mol. The number of benzene rings is 10. The van der Waals surface area contributed by atoms with Gasteiger partial charge in [0.05, 0.1) is 22.1 Å². The maximum atomic E-state index is 2.43. The van der Waals surface area contributed by atoms with Crippen LogP contribution in [0.25, 0.3) is 110 Å². The van der Waals surface area contributed by atoms with Gasteiger partial charge in [0.15, 0.2) is 0 Å². The number of hydrogen-bond acceptors (Lipinski definition) is 0. The van der Waals surface area contributed by atoms with Crippen molar-refractivity contribution in [3.05, 3.63) is 218 Å². The summed E-state index contributed by atoms with van der Waals surface area (Å²) in [4.78, 5) is 0. The second kappa shape index (κ2) is 13.2. The third-order valence-corrected chi connectivity index (χ3v) is 12.3. The van der Waals surface area contributed by atoms with E-state index in [2.05, 4.69) is 228 Å². The molecule has 0 unspecified atom stereocenters. The van der Waals surface area contributed by atoms with E-state index in [1.54, 1.807) is 0 Å². The van der Waals surface area contributed by atoms with Crippen molar-refractivity contribution in [2.24, 2.45) is 0 Å². The van der Waals surface area contributed by atoms with Gasteiger partial charge >= 0.3 is 0 Å². The lowest BCUT2D eigenvalue weighted by atomic mass is 9.86. The first kappa shape index (κ1) is 33.5. The van der Waals surface area contributed by atoms with Crippen LogP contribution < -0.4 is 0 Å². The van der Waals surface area contributed by atoms with Gasteiger partial charge in [-0.15, -0.1) is 0 Å². The number of rotatable bonds is 5. The van der Waals surface area contributed by atoms with Gasteiger partial charge < -0.3 is 9.13 Å². The highest BCUT2D eigenvalue weighted by atomic mass is 15.0. The van der Waals surface area contributed by atoms with Gasteiger partial charge in [-0.25, -0.2) is 0 Å². The molecule has 0 aliphatic carbocycles. The first-order valence-corrected chi connectivity index (χ1v) is 20.4. The molecule has 0 spiro atoms. The summed E-state index contributed by atoms with van der Waals surface area (Å²) in [5, 5.41) is 10.1. The zero-order chi connectivity index (χ0) is 39.0. The Hall–Kier alpha value is -7.68. The minimum Gasteiger partial charge on any atom is -0.309 e. The molecule has 2 aromatic heterocycles. The normalized spacial score (nSPS) is 11.8. The molecule has 0 fully saturated rings. The van der Waals surface area contributed by atoms with Gasteiger partial charge in [0.25, 0.3) is 0 Å². The number of para-hydroxylation sites is 2. The molecule has 2 heteroatoms. The predicted octanol–water partition coefficient (Wildman–Crippen LogP) is 15.5. The maximum absolute atomic E-state index is 2.43. The Morgan fingerprint density at radius 2 is 0.627 bits per heavy atom. The van der Waals surface area contributed by atoms with Gasteiger partial charge in [0.1, 0.15) is 0 Å². The van der Waals surface area contributed by atoms with E-state index in [-0.39, 0.29) is 0 Å². The number of nitrogens with zero attached hydrogens (tertiary/aromatic N) is 2. The summed E-state index contributed by atoms with van der Waals surface area (Å²) in [5.41, 5.74) is 15.9. The van der Waals surface area contributed by atoms with Crippen molar-refractivity contribution in [2.45, 2.75) is 6.92 Å². The summed E-state index contributed by atoms with van der Waals surface area (Å²) >= 11 is 0. The van der Waals surface area contributed by atoms with Crippen LogP contribution in [-0.2, 0) is 0 Å². The summed E-state index contributed by atoms with van der Waals surface area (Å²) in [5.74, 6) is 0. The molecular formula is C57H38N2. The van der Waals surface area contributed by atoms with Crippen molar-refractivity contribution in [1.29, 1.82) is 0 Å². The molecule has 0 N–H and O–H groups in total. The van der Waals surface area contributed by atoms with Crippen molar-refractivity contribution in [3.63, 3.8) is 0 Å². The second-order valence-electron chi connectivity index (χ2n) is 15.8. The van der Waals surface area contributed by atoms with E-state index in [9.17, 15) is 0 Å². The van der Waals surface area contributed by atoms with Gasteiger partial charge in [0.2, 0.25) is 0 Å². The Morgan fingerprint density at radius 3 is 1.19 bits per heavy atom. The summed E-state index contributed by atoms with van der Waals surface area (Å²) in [6, 6.07) is 78.0. The average Bonchev–Trinajstić information content (AvgIpc) is 3.80. The van der Waals surface area contributed by atoms with Crippen LogP contribution in [0.1, 0.15) is 5.56 Å². The molecule has 0 saturated carbocycles. The Kier molecular flexibility index (Phi) is 7.48. The molecule has 0 atom stereocenters. The highest BCUT2D eigenvalue weighted by Crippen LogP contribution is 2.44. The molecule has 0 radical (unpaired) electrons. The van der Waals surface area contributed by atoms with Crippen LogP contribution in [0.5, 0.6) is 0 Å². The highest BCUT2D eigenvalue weighted by Gasteiger charge is 2.19. The van der Waals surface area contributed by atoms with E-state index in [0.717, 1.165) is 5.69 Å². The zero-order valence-corrected chi connectivity index (χ0v) is 32.6. The van der Waals surface area contributed by atoms with Crippen LogP contribution in [0.2, 0.25) is 0 Å². The quantitative estimate of drug-likeness (QED) is 0.155. The van der Waals surface area contributed by atoms with E-state index < -0.39 is 0 Å². The van der Waals surface area contributed by atoms with E-state index in [1.807, 2.05) is 0 Å². The fourth-order valence-corrected chi connectivity index (χ4v) is 9.73. The number of fused-ring (bicyclic) bond motifs is 8. The topological polar surface area (TPSA) is 9.86 Å². The van der Waals surface area contributed by atoms with Gasteiger partial charge in [-0.05, 0) is 129 Å². The second-order valence-corrected chi connectivity index (χ2v) is 15.8. The molecule has 10 aromatic carbocycles. The molecule has 0 bridgehead atoms. The van der Waals surface area contributed by atoms with Crippen LogP contribution in [-0.4, -0.2) is 9.13 Å². The molecule has 2 nitrogen and oxygen atoms in total. The third kappa shape index (κ3) is 5.20. The van der Waals surface area contributed by atoms with Crippen molar-refractivity contribution >= 4 is 65.2 Å². The largest absolute Gasteiger partial charge is 0.309 e. The van der Waals surface area contributed by atoms with Crippen molar-refractivity contribution in [3.8, 4) is 44.8 Å². The number of aromatic nitrogens is 2. The molecule has 0 saturated heterocycles. The van der Waals surface area contributed by atoms with Crippen molar-refractivity contribution in [2.75, 3.05) is 0 Å². The lowest BCUT2D eigenvalue weighted by Gasteiger charge is -2.18. The van der Waals surface area contributed by atoms with Crippen molar-refractivity contribution in [1.82, 2.24) is 9.13 Å². The van der Waals surface area contributed by atoms with E-state index in [1.165, 1.54) is 110 Å².